The van der Waals surface area contributed by atoms with E-state index in [1.807, 2.05) is 13.8 Å². The first-order chi connectivity index (χ1) is 17.0. The van der Waals surface area contributed by atoms with Crippen molar-refractivity contribution < 1.29 is 34.8 Å². The molecule has 0 aliphatic rings. The lowest BCUT2D eigenvalue weighted by Gasteiger charge is -2.18. The Balaban J connectivity index is 2.15. The molecule has 0 spiro atoms. The smallest absolute Gasteiger partial charge is 0.352 e. The molecule has 1 aromatic carbocycles. The molecule has 15 heteroatoms. The van der Waals surface area contributed by atoms with Gasteiger partial charge in [-0.25, -0.2) is 26.6 Å². The molecule has 3 aromatic rings. The van der Waals surface area contributed by atoms with Gasteiger partial charge in [-0.3, -0.25) is 14.1 Å². The Morgan fingerprint density at radius 2 is 1.68 bits per heavy atom. The van der Waals surface area contributed by atoms with Crippen LogP contribution in [0.3, 0.4) is 0 Å². The molecule has 0 unspecified atom stereocenters. The lowest BCUT2D eigenvalue weighted by atomic mass is 10.0. The number of sulfonamides is 1. The van der Waals surface area contributed by atoms with Crippen LogP contribution in [0.5, 0.6) is 0 Å². The second kappa shape index (κ2) is 10.2. The van der Waals surface area contributed by atoms with Gasteiger partial charge in [0, 0.05) is 29.2 Å². The van der Waals surface area contributed by atoms with Crippen molar-refractivity contribution in [3.63, 3.8) is 0 Å². The zero-order valence-corrected chi connectivity index (χ0v) is 20.9. The van der Waals surface area contributed by atoms with Crippen LogP contribution in [0.15, 0.2) is 23.1 Å². The molecule has 2 heterocycles. The maximum absolute atomic E-state index is 15.1. The number of benzene rings is 1. The molecule has 0 saturated carbocycles. The van der Waals surface area contributed by atoms with E-state index in [0.29, 0.717) is 6.07 Å². The van der Waals surface area contributed by atoms with E-state index in [0.717, 1.165) is 6.07 Å². The third kappa shape index (κ3) is 6.32. The third-order valence-electron chi connectivity index (χ3n) is 5.07. The van der Waals surface area contributed by atoms with E-state index in [2.05, 4.69) is 15.3 Å². The quantitative estimate of drug-likeness (QED) is 0.303. The van der Waals surface area contributed by atoms with Crippen LogP contribution in [-0.4, -0.2) is 40.9 Å². The van der Waals surface area contributed by atoms with Gasteiger partial charge in [-0.2, -0.15) is 18.2 Å². The summed E-state index contributed by atoms with van der Waals surface area (Å²) in [6.07, 6.45) is -5.29. The van der Waals surface area contributed by atoms with Crippen LogP contribution in [0.25, 0.3) is 22.2 Å². The highest BCUT2D eigenvalue weighted by Gasteiger charge is 2.31. The second-order valence-corrected chi connectivity index (χ2v) is 10.6. The maximum atomic E-state index is 15.1. The minimum atomic E-state index is -4.88. The number of nitrogens with one attached hydrogen (secondary N) is 2. The van der Waals surface area contributed by atoms with Crippen LogP contribution in [0, 0.1) is 17.5 Å². The Morgan fingerprint density at radius 3 is 2.24 bits per heavy atom. The molecule has 0 fully saturated rings. The molecule has 8 nitrogen and oxygen atoms in total. The van der Waals surface area contributed by atoms with Gasteiger partial charge in [-0.15, -0.1) is 0 Å². The Bertz CT molecular complexity index is 1500. The molecule has 0 aliphatic carbocycles. The van der Waals surface area contributed by atoms with Crippen molar-refractivity contribution in [3.8, 4) is 11.1 Å². The predicted octanol–water partition coefficient (Wildman–Crippen LogP) is 4.97. The first-order valence-electron chi connectivity index (χ1n) is 10.9. The molecule has 2 N–H and O–H groups in total. The molecular formula is C22H23F6N5O3S. The van der Waals surface area contributed by atoms with Gasteiger partial charge in [0.25, 0.3) is 5.56 Å². The summed E-state index contributed by atoms with van der Waals surface area (Å²) in [5.41, 5.74) is -3.44. The van der Waals surface area contributed by atoms with E-state index in [4.69, 9.17) is 0 Å². The average Bonchev–Trinajstić information content (AvgIpc) is 2.76. The largest absolute Gasteiger partial charge is 0.390 e. The van der Waals surface area contributed by atoms with E-state index in [9.17, 15) is 35.2 Å². The minimum Gasteiger partial charge on any atom is -0.352 e. The fourth-order valence-corrected chi connectivity index (χ4v) is 4.56. The maximum Gasteiger partial charge on any atom is 0.390 e. The van der Waals surface area contributed by atoms with Crippen molar-refractivity contribution >= 4 is 32.7 Å². The minimum absolute atomic E-state index is 0.0274. The molecule has 0 saturated heterocycles. The highest BCUT2D eigenvalue weighted by molar-refractivity contribution is 7.92. The Kier molecular flexibility index (Phi) is 7.77. The second-order valence-electron chi connectivity index (χ2n) is 8.79. The Hall–Kier alpha value is -3.36. The average molecular weight is 552 g/mol. The summed E-state index contributed by atoms with van der Waals surface area (Å²) in [4.78, 5) is 21.7. The van der Waals surface area contributed by atoms with Gasteiger partial charge in [0.15, 0.2) is 17.5 Å². The number of nitrogens with zero attached hydrogens (tertiary/aromatic N) is 3. The van der Waals surface area contributed by atoms with Gasteiger partial charge >= 0.3 is 6.18 Å². The summed E-state index contributed by atoms with van der Waals surface area (Å²) in [6.45, 7) is 6.97. The van der Waals surface area contributed by atoms with Crippen molar-refractivity contribution in [1.29, 1.82) is 0 Å². The number of halogens is 6. The molecule has 0 radical (unpaired) electrons. The molecule has 37 heavy (non-hydrogen) atoms. The number of rotatable bonds is 8. The summed E-state index contributed by atoms with van der Waals surface area (Å²) < 4.78 is 108. The van der Waals surface area contributed by atoms with Crippen molar-refractivity contribution in [1.82, 2.24) is 14.5 Å². The van der Waals surface area contributed by atoms with Gasteiger partial charge in [0.2, 0.25) is 16.0 Å². The molecule has 0 amide bonds. The van der Waals surface area contributed by atoms with E-state index in [1.54, 1.807) is 13.8 Å². The van der Waals surface area contributed by atoms with Crippen LogP contribution in [-0.2, 0) is 10.0 Å². The zero-order chi connectivity index (χ0) is 27.9. The topological polar surface area (TPSA) is 106 Å². The predicted molar refractivity (Wildman–Crippen MR) is 126 cm³/mol. The summed E-state index contributed by atoms with van der Waals surface area (Å²) >= 11 is 0. The molecule has 0 atom stereocenters. The van der Waals surface area contributed by atoms with Crippen LogP contribution >= 0.6 is 0 Å². The zero-order valence-electron chi connectivity index (χ0n) is 20.0. The fourth-order valence-electron chi connectivity index (χ4n) is 3.46. The Labute approximate surface area is 207 Å². The summed E-state index contributed by atoms with van der Waals surface area (Å²) in [5, 5.41) is 3.22. The van der Waals surface area contributed by atoms with Crippen molar-refractivity contribution in [2.24, 2.45) is 0 Å². The molecular weight excluding hydrogens is 528 g/mol. The number of pyridine rings is 1. The van der Waals surface area contributed by atoms with Crippen LogP contribution in [0.2, 0.25) is 0 Å². The SMILES string of the molecule is CC(C)Nc1ncc2cc(-c3cc(F)c(NS(=O)(=O)CCC(F)(F)F)c(F)c3F)c(=O)n(C(C)C)c2n1. The highest BCUT2D eigenvalue weighted by Crippen LogP contribution is 2.32. The number of alkyl halides is 3. The molecule has 0 bridgehead atoms. The van der Waals surface area contributed by atoms with Gasteiger partial charge in [-0.05, 0) is 39.8 Å². The van der Waals surface area contributed by atoms with Crippen LogP contribution in [0.1, 0.15) is 40.2 Å². The normalized spacial score (nSPS) is 12.5. The Morgan fingerprint density at radius 1 is 1.03 bits per heavy atom. The lowest BCUT2D eigenvalue weighted by Crippen LogP contribution is -2.26. The van der Waals surface area contributed by atoms with Crippen molar-refractivity contribution in [2.75, 3.05) is 15.8 Å². The molecule has 202 valence electrons. The molecule has 3 rings (SSSR count). The summed E-state index contributed by atoms with van der Waals surface area (Å²) in [7, 11) is -4.88. The number of anilines is 2. The summed E-state index contributed by atoms with van der Waals surface area (Å²) in [5.74, 6) is -6.74. The first kappa shape index (κ1) is 28.2. The van der Waals surface area contributed by atoms with Gasteiger partial charge in [-0.1, -0.05) is 0 Å². The monoisotopic (exact) mass is 551 g/mol. The number of hydrogen-bond donors (Lipinski definition) is 2. The standard InChI is InChI=1S/C22H23F6N5O3S/c1-10(2)30-21-29-9-12-7-14(20(34)33(11(3)4)19(12)31-21)13-8-15(23)18(17(25)16(13)24)32-37(35,36)6-5-22(26,27)28/h7-11,32H,5-6H2,1-4H3,(H,29,30,31). The molecule has 2 aromatic heterocycles. The van der Waals surface area contributed by atoms with E-state index >= 15 is 4.39 Å². The third-order valence-corrected chi connectivity index (χ3v) is 6.32. The first-order valence-corrected chi connectivity index (χ1v) is 12.6. The lowest BCUT2D eigenvalue weighted by molar-refractivity contribution is -0.129. The number of hydrogen-bond acceptors (Lipinski definition) is 6. The van der Waals surface area contributed by atoms with Crippen molar-refractivity contribution in [3.05, 3.63) is 46.1 Å². The van der Waals surface area contributed by atoms with Crippen LogP contribution < -0.4 is 15.6 Å². The molecule has 0 aliphatic heterocycles. The van der Waals surface area contributed by atoms with E-state index < -0.39 is 74.2 Å². The van der Waals surface area contributed by atoms with E-state index in [1.165, 1.54) is 15.5 Å². The fraction of sp³-hybridized carbons (Fsp3) is 0.409. The van der Waals surface area contributed by atoms with Gasteiger partial charge in [0.05, 0.1) is 17.7 Å². The van der Waals surface area contributed by atoms with Crippen molar-refractivity contribution in [2.45, 2.75) is 52.4 Å². The van der Waals surface area contributed by atoms with Crippen LogP contribution in [0.4, 0.5) is 38.0 Å². The highest BCUT2D eigenvalue weighted by atomic mass is 32.2. The van der Waals surface area contributed by atoms with E-state index in [-0.39, 0.29) is 23.0 Å². The van der Waals surface area contributed by atoms with Gasteiger partial charge in [0.1, 0.15) is 11.3 Å². The van der Waals surface area contributed by atoms with Gasteiger partial charge < -0.3 is 5.32 Å². The summed E-state index contributed by atoms with van der Waals surface area (Å²) in [6, 6.07) is 0.984. The number of fused-ring (bicyclic) bond motifs is 1. The number of aromatic nitrogens is 3.